The number of nitrogens with one attached hydrogen (secondary N) is 2. The van der Waals surface area contributed by atoms with Gasteiger partial charge in [0.15, 0.2) is 5.06 Å². The number of thioether (sulfide) groups is 1. The van der Waals surface area contributed by atoms with Gasteiger partial charge in [-0.15, -0.1) is 0 Å². The minimum atomic E-state index is -0.572. The summed E-state index contributed by atoms with van der Waals surface area (Å²) in [5.74, 6) is -0.243. The number of ether oxygens (including phenoxy) is 1. The van der Waals surface area contributed by atoms with Gasteiger partial charge in [-0.3, -0.25) is 4.79 Å². The fourth-order valence-corrected chi connectivity index (χ4v) is 6.17. The largest absolute Gasteiger partial charge is 0.389 e. The first-order valence-corrected chi connectivity index (χ1v) is 13.1. The number of benzene rings is 2. The first-order valence-electron chi connectivity index (χ1n) is 12.3. The van der Waals surface area contributed by atoms with Gasteiger partial charge < -0.3 is 30.3 Å². The molecule has 1 unspecified atom stereocenters. The third-order valence-corrected chi connectivity index (χ3v) is 8.13. The van der Waals surface area contributed by atoms with Crippen LogP contribution in [0, 0.1) is 5.82 Å². The monoisotopic (exact) mass is 500 g/mol. The average Bonchev–Trinajstić information content (AvgIpc) is 3.39. The maximum Gasteiger partial charge on any atom is 0.244 e. The number of aliphatic hydroxyl groups excluding tert-OH is 1. The average molecular weight is 501 g/mol. The van der Waals surface area contributed by atoms with Gasteiger partial charge in [0.1, 0.15) is 5.82 Å². The Morgan fingerprint density at radius 2 is 1.91 bits per heavy atom. The number of hydrogen-bond donors (Lipinski definition) is 3. The van der Waals surface area contributed by atoms with E-state index in [1.165, 1.54) is 12.1 Å². The standard InChI is InChI=1S/C26H33FN4O3S/c1-26(29-22-4-2-3-5-24(22)35-26)34-17-21(32)16-30-13-10-19(11-14-30)28-23-12-15-31(25(23)33)20-8-6-18(27)7-9-20/h2-9,19,21,23,28-29,32H,10-17H2,1H3/t21-,23-,26?/m1/s1. The minimum absolute atomic E-state index is 0.0562. The van der Waals surface area contributed by atoms with Gasteiger partial charge in [-0.05, 0) is 75.7 Å². The summed E-state index contributed by atoms with van der Waals surface area (Å²) in [7, 11) is 0. The number of para-hydroxylation sites is 1. The molecule has 9 heteroatoms. The SMILES string of the molecule is CC1(OC[C@H](O)CN2CCC(N[C@@H]3CCN(c4ccc(F)cc4)C3=O)CC2)Nc2ccccc2S1. The molecule has 0 bridgehead atoms. The molecule has 3 N–H and O–H groups in total. The molecule has 3 heterocycles. The fraction of sp³-hybridized carbons (Fsp3) is 0.500. The molecule has 2 aromatic rings. The smallest absolute Gasteiger partial charge is 0.244 e. The molecule has 2 fully saturated rings. The Hall–Kier alpha value is -2.17. The minimum Gasteiger partial charge on any atom is -0.389 e. The van der Waals surface area contributed by atoms with Gasteiger partial charge in [0.25, 0.3) is 0 Å². The number of β-amino-alcohol motifs (C(OH)–C–C–N with tert-alkyl or cyclic N) is 1. The number of fused-ring (bicyclic) bond motifs is 1. The van der Waals surface area contributed by atoms with Crippen molar-refractivity contribution in [2.75, 3.05) is 43.0 Å². The molecule has 0 spiro atoms. The summed E-state index contributed by atoms with van der Waals surface area (Å²) in [6.45, 7) is 5.20. The lowest BCUT2D eigenvalue weighted by Gasteiger charge is -2.35. The molecule has 2 saturated heterocycles. The van der Waals surface area contributed by atoms with E-state index in [1.807, 2.05) is 25.1 Å². The second kappa shape index (κ2) is 10.4. The fourth-order valence-electron chi connectivity index (χ4n) is 5.09. The van der Waals surface area contributed by atoms with Crippen molar-refractivity contribution in [3.63, 3.8) is 0 Å². The van der Waals surface area contributed by atoms with Crippen LogP contribution in [0.3, 0.4) is 0 Å². The van der Waals surface area contributed by atoms with Crippen LogP contribution in [0.5, 0.6) is 0 Å². The Bertz CT molecular complexity index is 1010. The molecule has 5 rings (SSSR count). The number of carbonyl (C=O) groups is 1. The molecule has 3 aliphatic heterocycles. The van der Waals surface area contributed by atoms with E-state index in [0.29, 0.717) is 13.1 Å². The van der Waals surface area contributed by atoms with Crippen molar-refractivity contribution < 1.29 is 19.0 Å². The summed E-state index contributed by atoms with van der Waals surface area (Å²) in [5, 5.41) is 16.9. The number of carbonyl (C=O) groups excluding carboxylic acids is 1. The highest BCUT2D eigenvalue weighted by Gasteiger charge is 2.36. The molecule has 35 heavy (non-hydrogen) atoms. The molecule has 1 amide bonds. The van der Waals surface area contributed by atoms with E-state index in [-0.39, 0.29) is 30.4 Å². The summed E-state index contributed by atoms with van der Waals surface area (Å²) in [6.07, 6.45) is 2.04. The van der Waals surface area contributed by atoms with Crippen LogP contribution >= 0.6 is 11.8 Å². The van der Waals surface area contributed by atoms with Crippen molar-refractivity contribution in [2.45, 2.75) is 54.3 Å². The number of hydrogen-bond acceptors (Lipinski definition) is 7. The van der Waals surface area contributed by atoms with E-state index in [0.717, 1.165) is 48.6 Å². The van der Waals surface area contributed by atoms with Crippen LogP contribution < -0.4 is 15.5 Å². The Balaban J connectivity index is 1.02. The normalized spacial score (nSPS) is 26.1. The number of nitrogens with zero attached hydrogens (tertiary/aromatic N) is 2. The third kappa shape index (κ3) is 5.81. The lowest BCUT2D eigenvalue weighted by molar-refractivity contribution is -0.119. The molecule has 3 aliphatic rings. The quantitative estimate of drug-likeness (QED) is 0.514. The van der Waals surface area contributed by atoms with Gasteiger partial charge in [0, 0.05) is 29.7 Å². The van der Waals surface area contributed by atoms with E-state index in [1.54, 1.807) is 28.8 Å². The summed E-state index contributed by atoms with van der Waals surface area (Å²) in [6, 6.07) is 14.3. The molecule has 0 aromatic heterocycles. The number of amides is 1. The Kier molecular flexibility index (Phi) is 7.31. The zero-order valence-corrected chi connectivity index (χ0v) is 20.8. The second-order valence-electron chi connectivity index (χ2n) is 9.68. The van der Waals surface area contributed by atoms with Crippen molar-refractivity contribution in [1.82, 2.24) is 10.2 Å². The highest BCUT2D eigenvalue weighted by atomic mass is 32.2. The summed E-state index contributed by atoms with van der Waals surface area (Å²) in [5.41, 5.74) is 1.81. The van der Waals surface area contributed by atoms with Gasteiger partial charge in [0.05, 0.1) is 24.4 Å². The number of likely N-dealkylation sites (tertiary alicyclic amines) is 1. The zero-order chi connectivity index (χ0) is 24.4. The van der Waals surface area contributed by atoms with Gasteiger partial charge in [-0.25, -0.2) is 4.39 Å². The number of rotatable bonds is 8. The summed E-state index contributed by atoms with van der Waals surface area (Å²) >= 11 is 1.63. The maximum atomic E-state index is 13.2. The second-order valence-corrected chi connectivity index (χ2v) is 11.1. The van der Waals surface area contributed by atoms with Crippen LogP contribution in [0.2, 0.25) is 0 Å². The molecule has 7 nitrogen and oxygen atoms in total. The van der Waals surface area contributed by atoms with Crippen molar-refractivity contribution in [1.29, 1.82) is 0 Å². The number of aliphatic hydroxyl groups is 1. The first-order chi connectivity index (χ1) is 16.9. The van der Waals surface area contributed by atoms with Crippen LogP contribution in [0.25, 0.3) is 0 Å². The maximum absolute atomic E-state index is 13.2. The number of piperidine rings is 1. The predicted molar refractivity (Wildman–Crippen MR) is 136 cm³/mol. The molecule has 2 aromatic carbocycles. The molecular formula is C26H33FN4O3S. The van der Waals surface area contributed by atoms with Gasteiger partial charge in [-0.2, -0.15) is 0 Å². The zero-order valence-electron chi connectivity index (χ0n) is 20.0. The van der Waals surface area contributed by atoms with Gasteiger partial charge >= 0.3 is 0 Å². The molecule has 188 valence electrons. The van der Waals surface area contributed by atoms with E-state index >= 15 is 0 Å². The van der Waals surface area contributed by atoms with Crippen LogP contribution in [-0.2, 0) is 9.53 Å². The van der Waals surface area contributed by atoms with Gasteiger partial charge in [-0.1, -0.05) is 23.9 Å². The lowest BCUT2D eigenvalue weighted by Crippen LogP contribution is -2.50. The number of halogens is 1. The predicted octanol–water partition coefficient (Wildman–Crippen LogP) is 3.25. The van der Waals surface area contributed by atoms with E-state index in [4.69, 9.17) is 4.74 Å². The Morgan fingerprint density at radius 3 is 2.66 bits per heavy atom. The molecule has 0 aliphatic carbocycles. The number of anilines is 2. The van der Waals surface area contributed by atoms with Crippen LogP contribution in [0.4, 0.5) is 15.8 Å². The van der Waals surface area contributed by atoms with Crippen LogP contribution in [-0.4, -0.2) is 71.9 Å². The summed E-state index contributed by atoms with van der Waals surface area (Å²) < 4.78 is 19.3. The van der Waals surface area contributed by atoms with Crippen LogP contribution in [0.1, 0.15) is 26.2 Å². The highest BCUT2D eigenvalue weighted by Crippen LogP contribution is 2.45. The van der Waals surface area contributed by atoms with Gasteiger partial charge in [0.2, 0.25) is 5.91 Å². The molecule has 0 saturated carbocycles. The van der Waals surface area contributed by atoms with Crippen molar-refractivity contribution in [3.05, 3.63) is 54.3 Å². The van der Waals surface area contributed by atoms with Crippen molar-refractivity contribution in [3.8, 4) is 0 Å². The molecule has 0 radical (unpaired) electrons. The first kappa shape index (κ1) is 24.5. The topological polar surface area (TPSA) is 77.1 Å². The molecule has 3 atom stereocenters. The van der Waals surface area contributed by atoms with E-state index in [2.05, 4.69) is 21.6 Å². The third-order valence-electron chi connectivity index (χ3n) is 6.94. The van der Waals surface area contributed by atoms with Crippen LogP contribution in [0.15, 0.2) is 53.4 Å². The highest BCUT2D eigenvalue weighted by molar-refractivity contribution is 8.01. The van der Waals surface area contributed by atoms with E-state index in [9.17, 15) is 14.3 Å². The lowest BCUT2D eigenvalue weighted by atomic mass is 10.0. The summed E-state index contributed by atoms with van der Waals surface area (Å²) in [4.78, 5) is 18.0. The Morgan fingerprint density at radius 1 is 1.17 bits per heavy atom. The molecular weight excluding hydrogens is 467 g/mol. The van der Waals surface area contributed by atoms with E-state index < -0.39 is 11.2 Å². The van der Waals surface area contributed by atoms with Crippen molar-refractivity contribution in [2.24, 2.45) is 0 Å². The van der Waals surface area contributed by atoms with Crippen molar-refractivity contribution >= 4 is 29.0 Å². The Labute approximate surface area is 210 Å².